The molecule has 102 valence electrons. The van der Waals surface area contributed by atoms with E-state index in [1.54, 1.807) is 13.8 Å². The number of carbonyl (C=O) groups is 2. The summed E-state index contributed by atoms with van der Waals surface area (Å²) in [5.41, 5.74) is -0.691. The summed E-state index contributed by atoms with van der Waals surface area (Å²) in [6.07, 6.45) is 6.06. The van der Waals surface area contributed by atoms with Crippen molar-refractivity contribution in [3.8, 4) is 0 Å². The van der Waals surface area contributed by atoms with Crippen LogP contribution in [0.5, 0.6) is 0 Å². The Morgan fingerprint density at radius 2 is 1.44 bits per heavy atom. The van der Waals surface area contributed by atoms with E-state index < -0.39 is 23.3 Å². The Hall–Kier alpha value is -0.0600. The average molecular weight is 268 g/mol. The number of carboxylic acids is 2. The molecule has 0 rings (SSSR count). The molecular weight excluding hydrogens is 243 g/mol. The molecule has 0 aliphatic carbocycles. The van der Waals surface area contributed by atoms with Gasteiger partial charge < -0.3 is 10.2 Å². The van der Waals surface area contributed by atoms with E-state index in [2.05, 4.69) is 6.92 Å². The summed E-state index contributed by atoms with van der Waals surface area (Å²) in [5, 5.41) is 17.9. The predicted octanol–water partition coefficient (Wildman–Crippen LogP) is 2.51. The summed E-state index contributed by atoms with van der Waals surface area (Å²) in [5.74, 6) is -3.79. The summed E-state index contributed by atoms with van der Waals surface area (Å²) in [7, 11) is 0. The maximum absolute atomic E-state index is 10.9. The quantitative estimate of drug-likeness (QED) is 0.383. The number of carboxylic acid groups (broad SMARTS) is 2. The van der Waals surface area contributed by atoms with Crippen LogP contribution in [-0.2, 0) is 9.59 Å². The van der Waals surface area contributed by atoms with Gasteiger partial charge in [-0.1, -0.05) is 52.9 Å². The monoisotopic (exact) mass is 268 g/mol. The molecule has 0 fully saturated rings. The van der Waals surface area contributed by atoms with Gasteiger partial charge in [0, 0.05) is 0 Å². The summed E-state index contributed by atoms with van der Waals surface area (Å²) in [6, 6.07) is 0. The maximum atomic E-state index is 10.9. The summed E-state index contributed by atoms with van der Waals surface area (Å²) in [6.45, 7) is 5.58. The molecule has 0 unspecified atom stereocenters. The summed E-state index contributed by atoms with van der Waals surface area (Å²) < 4.78 is 0. The van der Waals surface area contributed by atoms with Crippen molar-refractivity contribution in [1.82, 2.24) is 0 Å². The van der Waals surface area contributed by atoms with E-state index in [0.717, 1.165) is 25.7 Å². The molecule has 5 heteroatoms. The van der Waals surface area contributed by atoms with E-state index in [-0.39, 0.29) is 29.6 Å². The molecule has 0 heterocycles. The van der Waals surface area contributed by atoms with Crippen LogP contribution in [0.3, 0.4) is 0 Å². The molecule has 4 nitrogen and oxygen atoms in total. The van der Waals surface area contributed by atoms with Crippen molar-refractivity contribution < 1.29 is 19.8 Å². The van der Waals surface area contributed by atoms with Gasteiger partial charge in [0.2, 0.25) is 0 Å². The number of unbranched alkanes of at least 4 members (excludes halogenated alkanes) is 4. The molecule has 0 radical (unpaired) electrons. The first-order valence-electron chi connectivity index (χ1n) is 6.28. The van der Waals surface area contributed by atoms with Gasteiger partial charge in [-0.25, -0.2) is 0 Å². The van der Waals surface area contributed by atoms with Crippen LogP contribution >= 0.6 is 0 Å². The fourth-order valence-corrected chi connectivity index (χ4v) is 2.10. The third-order valence-corrected chi connectivity index (χ3v) is 3.20. The number of hydrogen-bond donors (Lipinski definition) is 2. The summed E-state index contributed by atoms with van der Waals surface area (Å²) >= 11 is 0. The average Bonchev–Trinajstić information content (AvgIpc) is 2.15. The molecule has 0 aromatic carbocycles. The zero-order chi connectivity index (χ0) is 13.5. The van der Waals surface area contributed by atoms with E-state index in [0.29, 0.717) is 6.42 Å². The van der Waals surface area contributed by atoms with Crippen molar-refractivity contribution in [1.29, 1.82) is 0 Å². The van der Waals surface area contributed by atoms with E-state index in [1.165, 1.54) is 6.42 Å². The third-order valence-electron chi connectivity index (χ3n) is 3.20. The van der Waals surface area contributed by atoms with Gasteiger partial charge in [-0.05, 0) is 11.8 Å². The van der Waals surface area contributed by atoms with Crippen LogP contribution in [-0.4, -0.2) is 51.7 Å². The van der Waals surface area contributed by atoms with Crippen LogP contribution in [0.25, 0.3) is 0 Å². The van der Waals surface area contributed by atoms with Crippen molar-refractivity contribution in [3.63, 3.8) is 0 Å². The SMILES string of the molecule is CCCCCCCC(C)(C)C(C(=O)O)C(=O)O.[NaH]. The Kier molecular flexibility index (Phi) is 11.0. The van der Waals surface area contributed by atoms with Crippen LogP contribution in [0, 0.1) is 11.3 Å². The molecule has 0 spiro atoms. The number of rotatable bonds is 9. The molecule has 0 aliphatic heterocycles. The van der Waals surface area contributed by atoms with Crippen LogP contribution in [0.15, 0.2) is 0 Å². The molecular formula is C13H25NaO4. The van der Waals surface area contributed by atoms with E-state index in [1.807, 2.05) is 0 Å². The van der Waals surface area contributed by atoms with Gasteiger partial charge in [-0.3, -0.25) is 9.59 Å². The molecule has 0 saturated heterocycles. The minimum absolute atomic E-state index is 0. The second kappa shape index (κ2) is 9.82. The van der Waals surface area contributed by atoms with Crippen LogP contribution in [0.1, 0.15) is 59.3 Å². The molecule has 0 aromatic rings. The van der Waals surface area contributed by atoms with E-state index >= 15 is 0 Å². The molecule has 0 saturated carbocycles. The topological polar surface area (TPSA) is 74.6 Å². The molecule has 0 atom stereocenters. The normalized spacial score (nSPS) is 11.1. The molecule has 0 aliphatic rings. The minimum atomic E-state index is -1.31. The fraction of sp³-hybridized carbons (Fsp3) is 0.846. The van der Waals surface area contributed by atoms with Gasteiger partial charge in [-0.2, -0.15) is 0 Å². The Balaban J connectivity index is 0. The van der Waals surface area contributed by atoms with Crippen LogP contribution in [0.2, 0.25) is 0 Å². The van der Waals surface area contributed by atoms with E-state index in [4.69, 9.17) is 10.2 Å². The molecule has 0 aromatic heterocycles. The Labute approximate surface area is 131 Å². The van der Waals surface area contributed by atoms with Crippen molar-refractivity contribution in [3.05, 3.63) is 0 Å². The Morgan fingerprint density at radius 3 is 1.83 bits per heavy atom. The second-order valence-electron chi connectivity index (χ2n) is 5.26. The van der Waals surface area contributed by atoms with Gasteiger partial charge in [0.15, 0.2) is 5.92 Å². The molecule has 18 heavy (non-hydrogen) atoms. The molecule has 2 N–H and O–H groups in total. The zero-order valence-electron chi connectivity index (χ0n) is 11.0. The predicted molar refractivity (Wildman–Crippen MR) is 73.1 cm³/mol. The fourth-order valence-electron chi connectivity index (χ4n) is 2.10. The molecule has 0 bridgehead atoms. The van der Waals surface area contributed by atoms with Gasteiger partial charge in [0.25, 0.3) is 0 Å². The van der Waals surface area contributed by atoms with Crippen molar-refractivity contribution >= 4 is 41.5 Å². The van der Waals surface area contributed by atoms with Crippen molar-refractivity contribution in [2.75, 3.05) is 0 Å². The van der Waals surface area contributed by atoms with Crippen LogP contribution < -0.4 is 0 Å². The first-order chi connectivity index (χ1) is 7.83. The first-order valence-corrected chi connectivity index (χ1v) is 6.28. The molecule has 0 amide bonds. The van der Waals surface area contributed by atoms with Gasteiger partial charge in [0.1, 0.15) is 0 Å². The van der Waals surface area contributed by atoms with Gasteiger partial charge in [-0.15, -0.1) is 0 Å². The summed E-state index contributed by atoms with van der Waals surface area (Å²) in [4.78, 5) is 21.9. The van der Waals surface area contributed by atoms with Crippen molar-refractivity contribution in [2.45, 2.75) is 59.3 Å². The van der Waals surface area contributed by atoms with Crippen LogP contribution in [0.4, 0.5) is 0 Å². The second-order valence-corrected chi connectivity index (χ2v) is 5.26. The first kappa shape index (κ1) is 20.3. The number of aliphatic carboxylic acids is 2. The third kappa shape index (κ3) is 7.39. The van der Waals surface area contributed by atoms with Crippen molar-refractivity contribution in [2.24, 2.45) is 11.3 Å². The Bertz CT molecular complexity index is 250. The van der Waals surface area contributed by atoms with E-state index in [9.17, 15) is 9.59 Å². The Morgan fingerprint density at radius 1 is 1.00 bits per heavy atom. The van der Waals surface area contributed by atoms with Gasteiger partial charge >= 0.3 is 41.5 Å². The number of hydrogen-bond acceptors (Lipinski definition) is 2. The standard InChI is InChI=1S/C13H24O4.Na.H/c1-4-5-6-7-8-9-13(2,3)10(11(14)15)12(16)17;;/h10H,4-9H2,1-3H3,(H,14,15)(H,16,17);;. The zero-order valence-corrected chi connectivity index (χ0v) is 11.0. The van der Waals surface area contributed by atoms with Gasteiger partial charge in [0.05, 0.1) is 0 Å².